The molecule has 10 heteroatoms. The molecule has 0 fully saturated rings. The van der Waals surface area contributed by atoms with Gasteiger partial charge in [0.25, 0.3) is 0 Å². The molecule has 0 heterocycles. The van der Waals surface area contributed by atoms with E-state index in [1.165, 1.54) is 0 Å². The molecule has 0 aromatic carbocycles. The molecule has 0 N–H and O–H groups in total. The maximum absolute atomic E-state index is 0. The van der Waals surface area contributed by atoms with Crippen molar-refractivity contribution in [1.82, 2.24) is 0 Å². The van der Waals surface area contributed by atoms with Crippen LogP contribution in [0.3, 0.4) is 0 Å². The predicted octanol–water partition coefficient (Wildman–Crippen LogP) is -1.48. The van der Waals surface area contributed by atoms with Gasteiger partial charge in [-0.05, 0) is 0 Å². The Hall–Kier alpha value is 2.66. The molecule has 48 valence electrons. The molecule has 0 atom stereocenters. The summed E-state index contributed by atoms with van der Waals surface area (Å²) in [6.45, 7) is 0. The van der Waals surface area contributed by atoms with Gasteiger partial charge in [0.2, 0.25) is 0 Å². The van der Waals surface area contributed by atoms with Gasteiger partial charge in [0.15, 0.2) is 0 Å². The number of hydrogen-bond donors (Lipinski definition) is 0. The van der Waals surface area contributed by atoms with E-state index < -0.39 is 0 Å². The molecule has 10 heavy (non-hydrogen) atoms. The van der Waals surface area contributed by atoms with Crippen molar-refractivity contribution in [2.75, 3.05) is 0 Å². The third-order valence-corrected chi connectivity index (χ3v) is 0. The molecule has 6 nitrogen and oxygen atoms in total. The van der Waals surface area contributed by atoms with Gasteiger partial charge in [-0.25, -0.2) is 0 Å². The van der Waals surface area contributed by atoms with Gasteiger partial charge in [-0.2, -0.15) is 0 Å². The van der Waals surface area contributed by atoms with E-state index in [4.69, 9.17) is 0 Å². The second kappa shape index (κ2) is 188. The zero-order valence-corrected chi connectivity index (χ0v) is 15.8. The normalized spacial score (nSPS) is 0. The first-order valence-corrected chi connectivity index (χ1v) is 0. The van der Waals surface area contributed by atoms with Crippen molar-refractivity contribution in [2.45, 2.75) is 0 Å². The molecule has 0 aromatic heterocycles. The first-order valence-electron chi connectivity index (χ1n) is 0. The van der Waals surface area contributed by atoms with Crippen LogP contribution in [0.15, 0.2) is 0 Å². The molecule has 0 amide bonds. The topological polar surface area (TPSA) is 171 Å². The molecule has 0 saturated heterocycles. The summed E-state index contributed by atoms with van der Waals surface area (Å²) in [5.74, 6) is 0. The molecular weight excluding hydrogens is 482 g/mol. The predicted molar refractivity (Wildman–Crippen MR) is 15.6 cm³/mol. The van der Waals surface area contributed by atoms with Crippen LogP contribution in [-0.2, 0) is 78.2 Å². The van der Waals surface area contributed by atoms with E-state index in [9.17, 15) is 0 Å². The monoisotopic (exact) mass is 482 g/mol. The zero-order valence-electron chi connectivity index (χ0n) is 4.81. The Morgan fingerprint density at radius 2 is 0.500 bits per heavy atom. The summed E-state index contributed by atoms with van der Waals surface area (Å²) in [6, 6.07) is 0. The van der Waals surface area contributed by atoms with E-state index in [2.05, 4.69) is 0 Å². The van der Waals surface area contributed by atoms with Gasteiger partial charge < -0.3 is 32.9 Å². The van der Waals surface area contributed by atoms with Gasteiger partial charge in [-0.3, -0.25) is 0 Å². The molecule has 0 aliphatic heterocycles. The van der Waals surface area contributed by atoms with Crippen molar-refractivity contribution in [3.8, 4) is 0 Å². The van der Waals surface area contributed by atoms with E-state index in [0.717, 1.165) is 0 Å². The van der Waals surface area contributed by atoms with E-state index in [0.29, 0.717) is 0 Å². The standard InChI is InChI=1S/Al.Hf.In.6O.Zn/q+3;+4;+3;6*-2;+2. The molecule has 0 rings (SSSR count). The Bertz CT molecular complexity index is 17.7. The average Bonchev–Trinajstić information content (AvgIpc) is 0. The maximum Gasteiger partial charge on any atom is 4.00 e. The van der Waals surface area contributed by atoms with Gasteiger partial charge in [0, 0.05) is 0 Å². The zero-order chi connectivity index (χ0) is 0. The van der Waals surface area contributed by atoms with Crippen LogP contribution in [0.4, 0.5) is 0 Å². The van der Waals surface area contributed by atoms with Crippen LogP contribution in [0, 0.1) is 0 Å². The molecule has 0 unspecified atom stereocenters. The second-order valence-electron chi connectivity index (χ2n) is 0. The third-order valence-electron chi connectivity index (χ3n) is 0. The number of rotatable bonds is 0. The fourth-order valence-electron chi connectivity index (χ4n) is 0. The molecule has 0 bridgehead atoms. The number of hydrogen-bond acceptors (Lipinski definition) is 0. The van der Waals surface area contributed by atoms with Crippen molar-refractivity contribution in [1.29, 1.82) is 0 Å². The first kappa shape index (κ1) is 244. The molecule has 0 saturated carbocycles. The van der Waals surface area contributed by atoms with Crippen molar-refractivity contribution >= 4 is 43.2 Å². The Morgan fingerprint density at radius 3 is 0.500 bits per heavy atom. The Kier molecular flexibility index (Phi) is 4570. The fraction of sp³-hybridized carbons (Fsp3) is 0. The van der Waals surface area contributed by atoms with Crippen molar-refractivity contribution in [3.63, 3.8) is 0 Å². The SMILES string of the molecule is [Al+3].[Hf+4].[In+3].[O-2].[O-2].[O-2].[O-2].[O-2].[O-2].[Zn+2]. The van der Waals surface area contributed by atoms with Crippen LogP contribution in [0.25, 0.3) is 0 Å². The van der Waals surface area contributed by atoms with E-state index in [-0.39, 0.29) is 121 Å². The van der Waals surface area contributed by atoms with Gasteiger partial charge in [-0.1, -0.05) is 0 Å². The third kappa shape index (κ3) is 141. The molecule has 0 aromatic rings. The molecule has 0 aliphatic carbocycles. The van der Waals surface area contributed by atoms with Crippen LogP contribution in [0.5, 0.6) is 0 Å². The maximum atomic E-state index is 0. The van der Waals surface area contributed by atoms with Crippen molar-refractivity contribution < 1.29 is 78.2 Å². The summed E-state index contributed by atoms with van der Waals surface area (Å²) in [5.41, 5.74) is 0. The van der Waals surface area contributed by atoms with Gasteiger partial charge in [-0.15, -0.1) is 0 Å². The van der Waals surface area contributed by atoms with Crippen LogP contribution in [-0.4, -0.2) is 43.2 Å². The van der Waals surface area contributed by atoms with E-state index in [1.807, 2.05) is 0 Å². The van der Waals surface area contributed by atoms with Gasteiger partial charge in [0.1, 0.15) is 0 Å². The molecule has 0 spiro atoms. The molecular formula is AlHfInO6Zn. The first-order chi connectivity index (χ1) is 0. The average molecular weight is 482 g/mol. The van der Waals surface area contributed by atoms with Gasteiger partial charge in [0.05, 0.1) is 0 Å². The van der Waals surface area contributed by atoms with E-state index in [1.54, 1.807) is 0 Å². The van der Waals surface area contributed by atoms with Crippen LogP contribution in [0.1, 0.15) is 0 Å². The summed E-state index contributed by atoms with van der Waals surface area (Å²) < 4.78 is 0. The Balaban J connectivity index is 0. The minimum absolute atomic E-state index is 0. The Morgan fingerprint density at radius 1 is 0.500 bits per heavy atom. The quantitative estimate of drug-likeness (QED) is 0.368. The summed E-state index contributed by atoms with van der Waals surface area (Å²) in [7, 11) is 0. The fourth-order valence-corrected chi connectivity index (χ4v) is 0. The molecule has 0 aliphatic rings. The van der Waals surface area contributed by atoms with Crippen molar-refractivity contribution in [2.24, 2.45) is 0 Å². The van der Waals surface area contributed by atoms with Gasteiger partial charge >= 0.3 is 88.5 Å². The van der Waals surface area contributed by atoms with E-state index >= 15 is 0 Å². The second-order valence-corrected chi connectivity index (χ2v) is 0. The van der Waals surface area contributed by atoms with Crippen LogP contribution in [0.2, 0.25) is 0 Å². The summed E-state index contributed by atoms with van der Waals surface area (Å²) >= 11 is 0. The van der Waals surface area contributed by atoms with Crippen LogP contribution < -0.4 is 0 Å². The minimum Gasteiger partial charge on any atom is -2.00 e. The Labute approximate surface area is 120 Å². The molecule has 0 radical (unpaired) electrons. The largest absolute Gasteiger partial charge is 4.00 e. The summed E-state index contributed by atoms with van der Waals surface area (Å²) in [4.78, 5) is 0. The summed E-state index contributed by atoms with van der Waals surface area (Å²) in [5, 5.41) is 0. The van der Waals surface area contributed by atoms with Crippen molar-refractivity contribution in [3.05, 3.63) is 0 Å². The minimum atomic E-state index is 0. The summed E-state index contributed by atoms with van der Waals surface area (Å²) in [6.07, 6.45) is 0. The smallest absolute Gasteiger partial charge is 2.00 e. The van der Waals surface area contributed by atoms with Crippen LogP contribution >= 0.6 is 0 Å².